The molecule has 0 aromatic rings. The van der Waals surface area contributed by atoms with Crippen LogP contribution in [-0.4, -0.2) is 50.8 Å². The highest BCUT2D eigenvalue weighted by Crippen LogP contribution is 2.20. The first-order valence-corrected chi connectivity index (χ1v) is 7.63. The van der Waals surface area contributed by atoms with Gasteiger partial charge < -0.3 is 9.47 Å². The van der Waals surface area contributed by atoms with Crippen LogP contribution in [0.25, 0.3) is 0 Å². The molecule has 1 fully saturated rings. The summed E-state index contributed by atoms with van der Waals surface area (Å²) in [5.74, 6) is 0.729. The summed E-state index contributed by atoms with van der Waals surface area (Å²) >= 11 is 0. The van der Waals surface area contributed by atoms with Crippen LogP contribution in [0.1, 0.15) is 45.4 Å². The summed E-state index contributed by atoms with van der Waals surface area (Å²) in [6.07, 6.45) is 7.26. The summed E-state index contributed by atoms with van der Waals surface area (Å²) in [6.45, 7) is 6.44. The molecule has 0 spiro atoms. The lowest BCUT2D eigenvalue weighted by molar-refractivity contribution is -0.141. The highest BCUT2D eigenvalue weighted by atomic mass is 16.5. The average molecular weight is 271 g/mol. The van der Waals surface area contributed by atoms with Crippen LogP contribution in [0.2, 0.25) is 0 Å². The topological polar surface area (TPSA) is 38.8 Å². The van der Waals surface area contributed by atoms with E-state index >= 15 is 0 Å². The molecule has 0 aromatic heterocycles. The fraction of sp³-hybridized carbons (Fsp3) is 0.933. The van der Waals surface area contributed by atoms with Crippen molar-refractivity contribution in [1.29, 1.82) is 0 Å². The zero-order chi connectivity index (χ0) is 13.9. The summed E-state index contributed by atoms with van der Waals surface area (Å²) in [5, 5.41) is 0. The molecule has 0 atom stereocenters. The standard InChI is InChI=1S/C15H29NO3/c1-3-9-16(13-15(17)18-2)10-5-4-6-14-7-11-19-12-8-14/h14H,3-13H2,1-2H3. The first-order valence-electron chi connectivity index (χ1n) is 7.63. The van der Waals surface area contributed by atoms with Crippen LogP contribution >= 0.6 is 0 Å². The minimum Gasteiger partial charge on any atom is -0.468 e. The lowest BCUT2D eigenvalue weighted by Crippen LogP contribution is -2.32. The van der Waals surface area contributed by atoms with E-state index in [0.717, 1.165) is 38.6 Å². The SMILES string of the molecule is CCCN(CCCCC1CCOCC1)CC(=O)OC. The Morgan fingerprint density at radius 2 is 2.00 bits per heavy atom. The van der Waals surface area contributed by atoms with Crippen LogP contribution in [0, 0.1) is 5.92 Å². The van der Waals surface area contributed by atoms with Crippen molar-refractivity contribution in [2.24, 2.45) is 5.92 Å². The molecule has 0 N–H and O–H groups in total. The number of methoxy groups -OCH3 is 1. The van der Waals surface area contributed by atoms with E-state index in [4.69, 9.17) is 9.47 Å². The third-order valence-corrected chi connectivity index (χ3v) is 3.80. The van der Waals surface area contributed by atoms with Gasteiger partial charge in [-0.25, -0.2) is 0 Å². The fourth-order valence-electron chi connectivity index (χ4n) is 2.64. The predicted octanol–water partition coefficient (Wildman–Crippen LogP) is 2.47. The molecule has 0 aliphatic carbocycles. The van der Waals surface area contributed by atoms with Gasteiger partial charge in [0, 0.05) is 13.2 Å². The smallest absolute Gasteiger partial charge is 0.319 e. The minimum absolute atomic E-state index is 0.127. The van der Waals surface area contributed by atoms with E-state index < -0.39 is 0 Å². The highest BCUT2D eigenvalue weighted by molar-refractivity contribution is 5.71. The van der Waals surface area contributed by atoms with Crippen LogP contribution in [0.3, 0.4) is 0 Å². The summed E-state index contributed by atoms with van der Waals surface area (Å²) in [5.41, 5.74) is 0. The lowest BCUT2D eigenvalue weighted by atomic mass is 9.94. The van der Waals surface area contributed by atoms with E-state index in [9.17, 15) is 4.79 Å². The van der Waals surface area contributed by atoms with E-state index in [1.54, 1.807) is 0 Å². The zero-order valence-electron chi connectivity index (χ0n) is 12.5. The van der Waals surface area contributed by atoms with Crippen molar-refractivity contribution in [2.45, 2.75) is 45.4 Å². The second kappa shape index (κ2) is 10.2. The monoisotopic (exact) mass is 271 g/mol. The van der Waals surface area contributed by atoms with Crippen molar-refractivity contribution in [1.82, 2.24) is 4.90 Å². The molecule has 112 valence electrons. The van der Waals surface area contributed by atoms with Gasteiger partial charge in [0.25, 0.3) is 0 Å². The Kier molecular flexibility index (Phi) is 8.84. The summed E-state index contributed by atoms with van der Waals surface area (Å²) in [7, 11) is 1.46. The molecule has 4 nitrogen and oxygen atoms in total. The molecule has 0 radical (unpaired) electrons. The Morgan fingerprint density at radius 1 is 1.26 bits per heavy atom. The van der Waals surface area contributed by atoms with Crippen molar-refractivity contribution in [3.63, 3.8) is 0 Å². The van der Waals surface area contributed by atoms with E-state index in [1.165, 1.54) is 39.2 Å². The van der Waals surface area contributed by atoms with Crippen LogP contribution in [-0.2, 0) is 14.3 Å². The Morgan fingerprint density at radius 3 is 2.63 bits per heavy atom. The number of hydrogen-bond acceptors (Lipinski definition) is 4. The molecule has 1 heterocycles. The Balaban J connectivity index is 2.11. The van der Waals surface area contributed by atoms with Gasteiger partial charge in [-0.15, -0.1) is 0 Å². The molecule has 1 aliphatic heterocycles. The third-order valence-electron chi connectivity index (χ3n) is 3.80. The van der Waals surface area contributed by atoms with Crippen LogP contribution in [0.15, 0.2) is 0 Å². The van der Waals surface area contributed by atoms with E-state index in [1.807, 2.05) is 0 Å². The number of ether oxygens (including phenoxy) is 2. The molecule has 1 saturated heterocycles. The molecule has 4 heteroatoms. The van der Waals surface area contributed by atoms with E-state index in [0.29, 0.717) is 6.54 Å². The van der Waals surface area contributed by atoms with Crippen molar-refractivity contribution >= 4 is 5.97 Å². The molecule has 0 amide bonds. The number of carbonyl (C=O) groups excluding carboxylic acids is 1. The van der Waals surface area contributed by atoms with Gasteiger partial charge in [0.15, 0.2) is 0 Å². The summed E-state index contributed by atoms with van der Waals surface area (Å²) in [4.78, 5) is 13.5. The van der Waals surface area contributed by atoms with E-state index in [2.05, 4.69) is 11.8 Å². The lowest BCUT2D eigenvalue weighted by Gasteiger charge is -2.23. The normalized spacial score (nSPS) is 16.8. The molecule has 0 saturated carbocycles. The molecule has 19 heavy (non-hydrogen) atoms. The Hall–Kier alpha value is -0.610. The fourth-order valence-corrected chi connectivity index (χ4v) is 2.64. The number of unbranched alkanes of at least 4 members (excludes halogenated alkanes) is 1. The first kappa shape index (κ1) is 16.4. The molecule has 1 rings (SSSR count). The molecular formula is C15H29NO3. The maximum absolute atomic E-state index is 11.3. The molecular weight excluding hydrogens is 242 g/mol. The van der Waals surface area contributed by atoms with Gasteiger partial charge in [0.1, 0.15) is 0 Å². The molecule has 0 bridgehead atoms. The van der Waals surface area contributed by atoms with E-state index in [-0.39, 0.29) is 5.97 Å². The van der Waals surface area contributed by atoms with Gasteiger partial charge >= 0.3 is 5.97 Å². The Labute approximate surface area is 117 Å². The van der Waals surface area contributed by atoms with Crippen LogP contribution < -0.4 is 0 Å². The van der Waals surface area contributed by atoms with Gasteiger partial charge in [-0.05, 0) is 44.7 Å². The highest BCUT2D eigenvalue weighted by Gasteiger charge is 2.14. The number of esters is 1. The maximum atomic E-state index is 11.3. The van der Waals surface area contributed by atoms with Crippen LogP contribution in [0.5, 0.6) is 0 Å². The van der Waals surface area contributed by atoms with Gasteiger partial charge in [-0.3, -0.25) is 9.69 Å². The quantitative estimate of drug-likeness (QED) is 0.477. The van der Waals surface area contributed by atoms with Gasteiger partial charge in [-0.1, -0.05) is 19.8 Å². The van der Waals surface area contributed by atoms with Crippen molar-refractivity contribution in [3.05, 3.63) is 0 Å². The van der Waals surface area contributed by atoms with Crippen molar-refractivity contribution in [2.75, 3.05) is 40.0 Å². The maximum Gasteiger partial charge on any atom is 0.319 e. The van der Waals surface area contributed by atoms with Gasteiger partial charge in [0.2, 0.25) is 0 Å². The van der Waals surface area contributed by atoms with Crippen LogP contribution in [0.4, 0.5) is 0 Å². The van der Waals surface area contributed by atoms with Crippen molar-refractivity contribution < 1.29 is 14.3 Å². The second-order valence-corrected chi connectivity index (χ2v) is 5.40. The van der Waals surface area contributed by atoms with Gasteiger partial charge in [-0.2, -0.15) is 0 Å². The number of rotatable bonds is 9. The first-order chi connectivity index (χ1) is 9.26. The predicted molar refractivity (Wildman–Crippen MR) is 76.1 cm³/mol. The molecule has 0 unspecified atom stereocenters. The Bertz CT molecular complexity index is 240. The zero-order valence-corrected chi connectivity index (χ0v) is 12.5. The number of carbonyl (C=O) groups is 1. The third kappa shape index (κ3) is 7.53. The number of nitrogens with zero attached hydrogens (tertiary/aromatic N) is 1. The average Bonchev–Trinajstić information content (AvgIpc) is 2.44. The molecule has 1 aliphatic rings. The minimum atomic E-state index is -0.127. The van der Waals surface area contributed by atoms with Gasteiger partial charge in [0.05, 0.1) is 13.7 Å². The largest absolute Gasteiger partial charge is 0.468 e. The van der Waals surface area contributed by atoms with Crippen molar-refractivity contribution in [3.8, 4) is 0 Å². The molecule has 0 aromatic carbocycles. The number of hydrogen-bond donors (Lipinski definition) is 0. The summed E-state index contributed by atoms with van der Waals surface area (Å²) < 4.78 is 10.1. The second-order valence-electron chi connectivity index (χ2n) is 5.40. The summed E-state index contributed by atoms with van der Waals surface area (Å²) in [6, 6.07) is 0.